The van der Waals surface area contributed by atoms with E-state index < -0.39 is 20.5 Å². The van der Waals surface area contributed by atoms with Crippen LogP contribution in [0.3, 0.4) is 0 Å². The molecule has 1 aromatic rings. The van der Waals surface area contributed by atoms with Gasteiger partial charge in [-0.25, -0.2) is 13.1 Å². The molecule has 4 N–H and O–H groups in total. The van der Waals surface area contributed by atoms with Gasteiger partial charge in [0.15, 0.2) is 0 Å². The van der Waals surface area contributed by atoms with Crippen LogP contribution in [0.5, 0.6) is 0 Å². The zero-order valence-electron chi connectivity index (χ0n) is 11.3. The molecule has 10 heteroatoms. The second-order valence-electron chi connectivity index (χ2n) is 5.05. The largest absolute Gasteiger partial charge is 0.379 e. The summed E-state index contributed by atoms with van der Waals surface area (Å²) in [5.41, 5.74) is 1.08. The molecule has 1 aliphatic heterocycles. The standard InChI is InChI=1S/C11H16N4O5S/c1-11(4-5-20-7-11)14-21(18,19)8-2-3-10(15(16)17)9(6-8)13-12/h2-3,6,13-14H,4-5,7,12H2,1H3. The van der Waals surface area contributed by atoms with E-state index >= 15 is 0 Å². The van der Waals surface area contributed by atoms with Crippen molar-refractivity contribution in [2.75, 3.05) is 18.6 Å². The minimum atomic E-state index is -3.83. The third-order valence-electron chi connectivity index (χ3n) is 3.23. The van der Waals surface area contributed by atoms with E-state index in [9.17, 15) is 18.5 Å². The SMILES string of the molecule is CC1(NS(=O)(=O)c2ccc([N+](=O)[O-])c(NN)c2)CCOC1. The van der Waals surface area contributed by atoms with Crippen molar-refractivity contribution in [1.82, 2.24) is 4.72 Å². The number of benzene rings is 1. The number of anilines is 1. The van der Waals surface area contributed by atoms with Crippen LogP contribution in [0.1, 0.15) is 13.3 Å². The normalized spacial score (nSPS) is 22.2. The van der Waals surface area contributed by atoms with Gasteiger partial charge in [-0.05, 0) is 25.5 Å². The number of ether oxygens (including phenoxy) is 1. The molecule has 1 fully saturated rings. The molecule has 2 rings (SSSR count). The Morgan fingerprint density at radius 3 is 2.71 bits per heavy atom. The third kappa shape index (κ3) is 3.29. The van der Waals surface area contributed by atoms with Crippen molar-refractivity contribution in [2.45, 2.75) is 23.8 Å². The van der Waals surface area contributed by atoms with E-state index in [-0.39, 0.29) is 22.9 Å². The summed E-state index contributed by atoms with van der Waals surface area (Å²) in [6.07, 6.45) is 0.557. The molecular weight excluding hydrogens is 300 g/mol. The summed E-state index contributed by atoms with van der Waals surface area (Å²) in [6.45, 7) is 2.50. The monoisotopic (exact) mass is 316 g/mol. The van der Waals surface area contributed by atoms with E-state index in [0.29, 0.717) is 13.0 Å². The predicted octanol–water partition coefficient (Wildman–Crippen LogP) is 0.338. The first-order valence-corrected chi connectivity index (χ1v) is 7.62. The number of hydrogen-bond acceptors (Lipinski definition) is 7. The smallest absolute Gasteiger partial charge is 0.293 e. The first-order valence-electron chi connectivity index (χ1n) is 6.14. The highest BCUT2D eigenvalue weighted by atomic mass is 32.2. The number of sulfonamides is 1. The van der Waals surface area contributed by atoms with Gasteiger partial charge in [-0.1, -0.05) is 0 Å². The van der Waals surface area contributed by atoms with E-state index in [0.717, 1.165) is 12.1 Å². The summed E-state index contributed by atoms with van der Waals surface area (Å²) in [7, 11) is -3.83. The lowest BCUT2D eigenvalue weighted by Crippen LogP contribution is -2.46. The van der Waals surface area contributed by atoms with Crippen LogP contribution >= 0.6 is 0 Å². The summed E-state index contributed by atoms with van der Waals surface area (Å²) < 4.78 is 32.4. The Morgan fingerprint density at radius 2 is 2.19 bits per heavy atom. The summed E-state index contributed by atoms with van der Waals surface area (Å²) in [6, 6.07) is 3.39. The van der Waals surface area contributed by atoms with E-state index in [1.54, 1.807) is 6.92 Å². The van der Waals surface area contributed by atoms with Crippen LogP contribution in [0, 0.1) is 10.1 Å². The number of rotatable bonds is 5. The molecule has 1 heterocycles. The first-order chi connectivity index (χ1) is 9.77. The number of nitrogens with one attached hydrogen (secondary N) is 2. The van der Waals surface area contributed by atoms with Crippen molar-refractivity contribution >= 4 is 21.4 Å². The fourth-order valence-electron chi connectivity index (χ4n) is 2.09. The summed E-state index contributed by atoms with van der Waals surface area (Å²) in [5, 5.41) is 10.8. The lowest BCUT2D eigenvalue weighted by molar-refractivity contribution is -0.384. The molecule has 0 aromatic heterocycles. The number of nitro groups is 1. The van der Waals surface area contributed by atoms with Gasteiger partial charge in [-0.15, -0.1) is 0 Å². The molecule has 1 saturated heterocycles. The van der Waals surface area contributed by atoms with E-state index in [2.05, 4.69) is 10.1 Å². The van der Waals surface area contributed by atoms with E-state index in [4.69, 9.17) is 10.6 Å². The van der Waals surface area contributed by atoms with Crippen LogP contribution in [0.25, 0.3) is 0 Å². The minimum Gasteiger partial charge on any atom is -0.379 e. The topological polar surface area (TPSA) is 137 Å². The molecule has 0 saturated carbocycles. The minimum absolute atomic E-state index is 0.0734. The number of nitrogens with zero attached hydrogens (tertiary/aromatic N) is 1. The fourth-order valence-corrected chi connectivity index (χ4v) is 3.54. The highest BCUT2D eigenvalue weighted by molar-refractivity contribution is 7.89. The van der Waals surface area contributed by atoms with Crippen molar-refractivity contribution in [3.05, 3.63) is 28.3 Å². The second kappa shape index (κ2) is 5.56. The zero-order chi connectivity index (χ0) is 15.7. The number of nitrogen functional groups attached to an aromatic ring is 1. The molecule has 0 bridgehead atoms. The lowest BCUT2D eigenvalue weighted by atomic mass is 10.0. The molecule has 9 nitrogen and oxygen atoms in total. The molecule has 1 atom stereocenters. The summed E-state index contributed by atoms with van der Waals surface area (Å²) in [5.74, 6) is 5.20. The molecule has 21 heavy (non-hydrogen) atoms. The predicted molar refractivity (Wildman–Crippen MR) is 75.1 cm³/mol. The summed E-state index contributed by atoms with van der Waals surface area (Å²) in [4.78, 5) is 10.0. The van der Waals surface area contributed by atoms with Crippen molar-refractivity contribution in [1.29, 1.82) is 0 Å². The third-order valence-corrected chi connectivity index (χ3v) is 4.87. The van der Waals surface area contributed by atoms with Gasteiger partial charge in [0.05, 0.1) is 22.0 Å². The van der Waals surface area contributed by atoms with Crippen LogP contribution in [-0.2, 0) is 14.8 Å². The summed E-state index contributed by atoms with van der Waals surface area (Å²) >= 11 is 0. The molecule has 1 aromatic carbocycles. The molecule has 1 aliphatic rings. The quantitative estimate of drug-likeness (QED) is 0.404. The number of hydrogen-bond donors (Lipinski definition) is 3. The van der Waals surface area contributed by atoms with Gasteiger partial charge in [-0.3, -0.25) is 16.0 Å². The van der Waals surface area contributed by atoms with Gasteiger partial charge in [-0.2, -0.15) is 0 Å². The molecule has 0 amide bonds. The Hall–Kier alpha value is -1.75. The van der Waals surface area contributed by atoms with Gasteiger partial charge in [0.2, 0.25) is 10.0 Å². The van der Waals surface area contributed by atoms with Crippen molar-refractivity contribution in [3.63, 3.8) is 0 Å². The average Bonchev–Trinajstić information content (AvgIpc) is 2.83. The second-order valence-corrected chi connectivity index (χ2v) is 6.73. The Bertz CT molecular complexity index is 655. The molecular formula is C11H16N4O5S. The van der Waals surface area contributed by atoms with Crippen LogP contribution < -0.4 is 16.0 Å². The van der Waals surface area contributed by atoms with Crippen molar-refractivity contribution < 1.29 is 18.1 Å². The Kier molecular flexibility index (Phi) is 4.14. The van der Waals surface area contributed by atoms with Gasteiger partial charge in [0.1, 0.15) is 5.69 Å². The molecule has 0 radical (unpaired) electrons. The molecule has 0 spiro atoms. The van der Waals surface area contributed by atoms with E-state index in [1.807, 2.05) is 0 Å². The maximum Gasteiger partial charge on any atom is 0.293 e. The molecule has 0 aliphatic carbocycles. The highest BCUT2D eigenvalue weighted by Gasteiger charge is 2.35. The number of nitrogens with two attached hydrogens (primary N) is 1. The van der Waals surface area contributed by atoms with Gasteiger partial charge < -0.3 is 10.2 Å². The average molecular weight is 316 g/mol. The maximum absolute atomic E-state index is 12.3. The molecule has 1 unspecified atom stereocenters. The van der Waals surface area contributed by atoms with Crippen molar-refractivity contribution in [3.8, 4) is 0 Å². The van der Waals surface area contributed by atoms with Gasteiger partial charge in [0.25, 0.3) is 5.69 Å². The number of nitro benzene ring substituents is 1. The number of hydrazine groups is 1. The first kappa shape index (κ1) is 15.6. The van der Waals surface area contributed by atoms with Gasteiger partial charge >= 0.3 is 0 Å². The highest BCUT2D eigenvalue weighted by Crippen LogP contribution is 2.28. The van der Waals surface area contributed by atoms with Crippen LogP contribution in [0.15, 0.2) is 23.1 Å². The van der Waals surface area contributed by atoms with Crippen LogP contribution in [0.2, 0.25) is 0 Å². The molecule has 116 valence electrons. The Labute approximate surface area is 121 Å². The van der Waals surface area contributed by atoms with Crippen molar-refractivity contribution in [2.24, 2.45) is 5.84 Å². The Balaban J connectivity index is 2.34. The lowest BCUT2D eigenvalue weighted by Gasteiger charge is -2.23. The fraction of sp³-hybridized carbons (Fsp3) is 0.455. The van der Waals surface area contributed by atoms with Crippen LogP contribution in [0.4, 0.5) is 11.4 Å². The Morgan fingerprint density at radius 1 is 1.48 bits per heavy atom. The maximum atomic E-state index is 12.3. The zero-order valence-corrected chi connectivity index (χ0v) is 12.1. The van der Waals surface area contributed by atoms with E-state index in [1.165, 1.54) is 6.07 Å². The van der Waals surface area contributed by atoms with Crippen LogP contribution in [-0.4, -0.2) is 32.1 Å². The van der Waals surface area contributed by atoms with Gasteiger partial charge in [0, 0.05) is 12.7 Å².